The highest BCUT2D eigenvalue weighted by Crippen LogP contribution is 2.37. The number of halogens is 1. The van der Waals surface area contributed by atoms with Gasteiger partial charge in [0, 0.05) is 49.4 Å². The Hall–Kier alpha value is -2.81. The van der Waals surface area contributed by atoms with Crippen LogP contribution in [0.15, 0.2) is 53.5 Å². The molecular formula is C23H24ClN7S. The van der Waals surface area contributed by atoms with Gasteiger partial charge >= 0.3 is 0 Å². The highest BCUT2D eigenvalue weighted by Gasteiger charge is 2.23. The van der Waals surface area contributed by atoms with E-state index >= 15 is 0 Å². The van der Waals surface area contributed by atoms with Crippen molar-refractivity contribution in [2.75, 3.05) is 32.7 Å². The third-order valence-electron chi connectivity index (χ3n) is 5.86. The average molecular weight is 466 g/mol. The van der Waals surface area contributed by atoms with Crippen LogP contribution < -0.4 is 0 Å². The van der Waals surface area contributed by atoms with Crippen LogP contribution in [0.5, 0.6) is 0 Å². The van der Waals surface area contributed by atoms with Crippen molar-refractivity contribution in [2.45, 2.75) is 13.5 Å². The maximum atomic E-state index is 6.90. The smallest absolute Gasteiger partial charge is 0.182 e. The number of fused-ring (bicyclic) bond motifs is 1. The first-order valence-electron chi connectivity index (χ1n) is 10.6. The lowest BCUT2D eigenvalue weighted by Crippen LogP contribution is -2.46. The van der Waals surface area contributed by atoms with E-state index in [4.69, 9.17) is 16.7 Å². The molecule has 0 amide bonds. The lowest BCUT2D eigenvalue weighted by Gasteiger charge is -2.36. The molecule has 1 aliphatic rings. The van der Waals surface area contributed by atoms with Gasteiger partial charge in [0.2, 0.25) is 0 Å². The van der Waals surface area contributed by atoms with Crippen molar-refractivity contribution in [1.82, 2.24) is 34.8 Å². The number of piperazine rings is 1. The lowest BCUT2D eigenvalue weighted by atomic mass is 10.1. The van der Waals surface area contributed by atoms with Gasteiger partial charge in [-0.1, -0.05) is 48.5 Å². The summed E-state index contributed by atoms with van der Waals surface area (Å²) in [5.41, 5.74) is 6.79. The Bertz CT molecular complexity index is 1230. The second-order valence-electron chi connectivity index (χ2n) is 7.94. The zero-order valence-electron chi connectivity index (χ0n) is 17.9. The van der Waals surface area contributed by atoms with E-state index in [0.29, 0.717) is 22.9 Å². The van der Waals surface area contributed by atoms with Crippen LogP contribution in [0.3, 0.4) is 0 Å². The molecule has 0 spiro atoms. The molecule has 7 nitrogen and oxygen atoms in total. The van der Waals surface area contributed by atoms with E-state index in [-0.39, 0.29) is 0 Å². The number of aromatic nitrogens is 5. The van der Waals surface area contributed by atoms with Crippen LogP contribution in [0.1, 0.15) is 6.92 Å². The second-order valence-corrected chi connectivity index (χ2v) is 9.03. The van der Waals surface area contributed by atoms with Gasteiger partial charge in [-0.25, -0.2) is 9.67 Å². The van der Waals surface area contributed by atoms with Crippen LogP contribution in [0.25, 0.3) is 33.7 Å². The van der Waals surface area contributed by atoms with Gasteiger partial charge in [-0.05, 0) is 6.92 Å². The van der Waals surface area contributed by atoms with E-state index in [0.717, 1.165) is 60.8 Å². The van der Waals surface area contributed by atoms with Crippen molar-refractivity contribution in [3.63, 3.8) is 0 Å². The Labute approximate surface area is 196 Å². The van der Waals surface area contributed by atoms with E-state index in [1.807, 2.05) is 45.9 Å². The lowest BCUT2D eigenvalue weighted by molar-refractivity contribution is 0.154. The summed E-state index contributed by atoms with van der Waals surface area (Å²) in [6.45, 7) is 11.8. The summed E-state index contributed by atoms with van der Waals surface area (Å²) in [5.74, 6) is 0. The van der Waals surface area contributed by atoms with E-state index < -0.39 is 0 Å². The fourth-order valence-corrected chi connectivity index (χ4v) is 4.91. The van der Waals surface area contributed by atoms with Gasteiger partial charge in [-0.3, -0.25) is 4.90 Å². The molecule has 1 aromatic carbocycles. The molecule has 164 valence electrons. The third kappa shape index (κ3) is 4.01. The molecule has 5 rings (SSSR count). The summed E-state index contributed by atoms with van der Waals surface area (Å²) < 4.78 is 1.92. The molecule has 1 fully saturated rings. The number of thiazole rings is 1. The molecule has 0 unspecified atom stereocenters. The van der Waals surface area contributed by atoms with Crippen LogP contribution in [0.4, 0.5) is 0 Å². The van der Waals surface area contributed by atoms with Crippen molar-refractivity contribution in [3.05, 3.63) is 58.5 Å². The quantitative estimate of drug-likeness (QED) is 0.420. The molecule has 4 heterocycles. The van der Waals surface area contributed by atoms with Crippen molar-refractivity contribution >= 4 is 34.0 Å². The molecule has 0 aliphatic carbocycles. The summed E-state index contributed by atoms with van der Waals surface area (Å²) in [6.07, 6.45) is 0. The zero-order valence-corrected chi connectivity index (χ0v) is 19.5. The third-order valence-corrected chi connectivity index (χ3v) is 6.81. The van der Waals surface area contributed by atoms with Crippen molar-refractivity contribution in [2.24, 2.45) is 0 Å². The predicted octanol–water partition coefficient (Wildman–Crippen LogP) is 4.42. The number of benzene rings is 1. The molecule has 4 aromatic rings. The number of rotatable bonds is 6. The summed E-state index contributed by atoms with van der Waals surface area (Å²) in [7, 11) is 0. The van der Waals surface area contributed by atoms with Gasteiger partial charge in [-0.15, -0.1) is 21.5 Å². The molecule has 32 heavy (non-hydrogen) atoms. The van der Waals surface area contributed by atoms with Crippen LogP contribution in [0, 0.1) is 0 Å². The standard InChI is InChI=1S/C23H24ClN7S/c1-16(2)30-11-8-29(9-12-30)10-13-31-23-19(22(28-31)18-14-32-15-25-18)20(24)21(26-27-23)17-6-4-3-5-7-17/h3-7,14-15H,1,8-13H2,2H3. The van der Waals surface area contributed by atoms with Gasteiger partial charge in [0.25, 0.3) is 0 Å². The highest BCUT2D eigenvalue weighted by atomic mass is 35.5. The monoisotopic (exact) mass is 465 g/mol. The molecule has 0 atom stereocenters. The Kier molecular flexibility index (Phi) is 5.91. The Morgan fingerprint density at radius 1 is 1.06 bits per heavy atom. The molecule has 0 bridgehead atoms. The van der Waals surface area contributed by atoms with Gasteiger partial charge in [0.05, 0.1) is 22.5 Å². The predicted molar refractivity (Wildman–Crippen MR) is 130 cm³/mol. The second kappa shape index (κ2) is 8.97. The minimum atomic E-state index is 0.561. The Morgan fingerprint density at radius 3 is 2.53 bits per heavy atom. The molecule has 0 saturated carbocycles. The summed E-state index contributed by atoms with van der Waals surface area (Å²) >= 11 is 8.44. The van der Waals surface area contributed by atoms with E-state index in [1.54, 1.807) is 0 Å². The number of nitrogens with zero attached hydrogens (tertiary/aromatic N) is 7. The van der Waals surface area contributed by atoms with Gasteiger partial charge in [-0.2, -0.15) is 5.10 Å². The zero-order chi connectivity index (χ0) is 22.1. The van der Waals surface area contributed by atoms with Crippen LogP contribution in [-0.2, 0) is 6.54 Å². The van der Waals surface area contributed by atoms with E-state index in [2.05, 4.69) is 38.5 Å². The maximum absolute atomic E-state index is 6.90. The summed E-state index contributed by atoms with van der Waals surface area (Å²) in [5, 5.41) is 17.2. The molecular weight excluding hydrogens is 442 g/mol. The van der Waals surface area contributed by atoms with E-state index in [1.165, 1.54) is 11.3 Å². The van der Waals surface area contributed by atoms with Gasteiger partial charge in [0.1, 0.15) is 17.1 Å². The molecule has 0 radical (unpaired) electrons. The minimum Gasteiger partial charge on any atom is -0.373 e. The van der Waals surface area contributed by atoms with Crippen molar-refractivity contribution in [3.8, 4) is 22.6 Å². The van der Waals surface area contributed by atoms with Crippen LogP contribution >= 0.6 is 22.9 Å². The molecule has 1 aliphatic heterocycles. The van der Waals surface area contributed by atoms with Crippen molar-refractivity contribution in [1.29, 1.82) is 0 Å². The molecule has 0 N–H and O–H groups in total. The normalized spacial score (nSPS) is 14.9. The van der Waals surface area contributed by atoms with E-state index in [9.17, 15) is 0 Å². The Morgan fingerprint density at radius 2 is 1.84 bits per heavy atom. The average Bonchev–Trinajstić information content (AvgIpc) is 3.47. The van der Waals surface area contributed by atoms with Gasteiger partial charge in [0.15, 0.2) is 5.65 Å². The highest BCUT2D eigenvalue weighted by molar-refractivity contribution is 7.07. The first kappa shape index (κ1) is 21.1. The van der Waals surface area contributed by atoms with Crippen molar-refractivity contribution < 1.29 is 0 Å². The largest absolute Gasteiger partial charge is 0.373 e. The Balaban J connectivity index is 1.47. The van der Waals surface area contributed by atoms with Crippen LogP contribution in [-0.4, -0.2) is 67.5 Å². The first-order valence-corrected chi connectivity index (χ1v) is 11.9. The SMILES string of the molecule is C=C(C)N1CCN(CCn2nc(-c3cscn3)c3c(Cl)c(-c4ccccc4)nnc32)CC1. The van der Waals surface area contributed by atoms with Crippen LogP contribution in [0.2, 0.25) is 5.02 Å². The first-order chi connectivity index (χ1) is 15.6. The summed E-state index contributed by atoms with van der Waals surface area (Å²) in [4.78, 5) is 9.26. The molecule has 9 heteroatoms. The molecule has 1 saturated heterocycles. The molecule has 3 aromatic heterocycles. The minimum absolute atomic E-state index is 0.561. The summed E-state index contributed by atoms with van der Waals surface area (Å²) in [6, 6.07) is 9.88. The topological polar surface area (TPSA) is 63.0 Å². The number of hydrogen-bond acceptors (Lipinski definition) is 7. The van der Waals surface area contributed by atoms with Gasteiger partial charge < -0.3 is 4.90 Å². The number of allylic oxidation sites excluding steroid dienone is 1. The fraction of sp³-hybridized carbons (Fsp3) is 0.304. The maximum Gasteiger partial charge on any atom is 0.182 e. The fourth-order valence-electron chi connectivity index (χ4n) is 4.05. The number of hydrogen-bond donors (Lipinski definition) is 0.